The van der Waals surface area contributed by atoms with Gasteiger partial charge >= 0.3 is 11.9 Å². The molecule has 0 atom stereocenters. The smallest absolute Gasteiger partial charge is 0.414 e. The van der Waals surface area contributed by atoms with Gasteiger partial charge in [0.1, 0.15) is 0 Å². The van der Waals surface area contributed by atoms with Gasteiger partial charge in [0.05, 0.1) is 16.3 Å². The van der Waals surface area contributed by atoms with E-state index in [1.165, 1.54) is 4.31 Å². The van der Waals surface area contributed by atoms with Crippen LogP contribution in [0.15, 0.2) is 24.3 Å². The first-order valence-corrected chi connectivity index (χ1v) is 10.1. The Balaban J connectivity index is 0.000000527. The number of hydrogen-bond donors (Lipinski definition) is 2. The van der Waals surface area contributed by atoms with Crippen molar-refractivity contribution in [2.75, 3.05) is 31.9 Å². The molecule has 1 aliphatic heterocycles. The molecule has 1 heterocycles. The molecule has 1 aliphatic rings. The summed E-state index contributed by atoms with van der Waals surface area (Å²) in [6.07, 6.45) is 0.598. The molecule has 1 fully saturated rings. The number of carbonyl (C=O) groups is 3. The molecule has 1 saturated heterocycles. The van der Waals surface area contributed by atoms with Crippen LogP contribution in [0.1, 0.15) is 23.7 Å². The van der Waals surface area contributed by atoms with Crippen molar-refractivity contribution in [1.29, 1.82) is 0 Å². The van der Waals surface area contributed by atoms with E-state index in [1.807, 2.05) is 6.92 Å². The molecule has 0 bridgehead atoms. The van der Waals surface area contributed by atoms with Crippen molar-refractivity contribution in [3.05, 3.63) is 34.9 Å². The minimum Gasteiger partial charge on any atom is -0.473 e. The van der Waals surface area contributed by atoms with Crippen molar-refractivity contribution in [3.8, 4) is 0 Å². The number of carbonyl (C=O) groups excluding carboxylic acids is 1. The Morgan fingerprint density at radius 2 is 1.56 bits per heavy atom. The topological polar surface area (TPSA) is 132 Å². The number of benzene rings is 1. The fourth-order valence-electron chi connectivity index (χ4n) is 2.36. The molecular formula is C16H21ClN2O7S. The van der Waals surface area contributed by atoms with E-state index >= 15 is 0 Å². The van der Waals surface area contributed by atoms with Gasteiger partial charge in [-0.2, -0.15) is 4.31 Å². The summed E-state index contributed by atoms with van der Waals surface area (Å²) in [5.74, 6) is -3.64. The number of halogens is 1. The first-order chi connectivity index (χ1) is 12.6. The van der Waals surface area contributed by atoms with E-state index in [0.29, 0.717) is 43.2 Å². The Morgan fingerprint density at radius 3 is 2.00 bits per heavy atom. The van der Waals surface area contributed by atoms with Gasteiger partial charge in [-0.1, -0.05) is 30.7 Å². The van der Waals surface area contributed by atoms with E-state index in [1.54, 1.807) is 29.2 Å². The summed E-state index contributed by atoms with van der Waals surface area (Å²) < 4.78 is 25.4. The number of nitrogens with zero attached hydrogens (tertiary/aromatic N) is 2. The van der Waals surface area contributed by atoms with E-state index in [-0.39, 0.29) is 11.7 Å². The molecular weight excluding hydrogens is 400 g/mol. The van der Waals surface area contributed by atoms with Gasteiger partial charge in [-0.25, -0.2) is 18.0 Å². The molecule has 0 saturated carbocycles. The highest BCUT2D eigenvalue weighted by molar-refractivity contribution is 7.89. The van der Waals surface area contributed by atoms with Crippen molar-refractivity contribution in [2.45, 2.75) is 13.3 Å². The highest BCUT2D eigenvalue weighted by atomic mass is 35.5. The van der Waals surface area contributed by atoms with Crippen molar-refractivity contribution < 1.29 is 33.0 Å². The van der Waals surface area contributed by atoms with Gasteiger partial charge < -0.3 is 15.1 Å². The molecule has 0 unspecified atom stereocenters. The summed E-state index contributed by atoms with van der Waals surface area (Å²) in [7, 11) is -3.19. The fourth-order valence-corrected chi connectivity index (χ4v) is 4.07. The molecule has 1 aromatic carbocycles. The van der Waals surface area contributed by atoms with Crippen molar-refractivity contribution in [3.63, 3.8) is 0 Å². The van der Waals surface area contributed by atoms with Crippen molar-refractivity contribution in [1.82, 2.24) is 9.21 Å². The highest BCUT2D eigenvalue weighted by Gasteiger charge is 2.29. The molecule has 27 heavy (non-hydrogen) atoms. The number of rotatable bonds is 4. The second-order valence-electron chi connectivity index (χ2n) is 5.60. The summed E-state index contributed by atoms with van der Waals surface area (Å²) in [6.45, 7) is 3.33. The van der Waals surface area contributed by atoms with Crippen LogP contribution in [0.2, 0.25) is 5.02 Å². The second kappa shape index (κ2) is 10.2. The minimum absolute atomic E-state index is 0.145. The Bertz CT molecular complexity index is 778. The number of carboxylic acids is 2. The Labute approximate surface area is 162 Å². The standard InChI is InChI=1S/C14H19ClN2O3S.C2H2O4/c1-2-11-21(19,20)17-9-7-16(8-10-17)14(18)12-5-3-4-6-13(12)15;3-1(4)2(5)6/h3-6H,2,7-11H2,1H3;(H,3,4)(H,5,6). The van der Waals surface area contributed by atoms with E-state index in [2.05, 4.69) is 0 Å². The van der Waals surface area contributed by atoms with Gasteiger partial charge in [-0.15, -0.1) is 0 Å². The molecule has 2 rings (SSSR count). The van der Waals surface area contributed by atoms with Crippen LogP contribution in [0.5, 0.6) is 0 Å². The maximum atomic E-state index is 12.4. The zero-order chi connectivity index (χ0) is 20.6. The molecule has 0 spiro atoms. The lowest BCUT2D eigenvalue weighted by molar-refractivity contribution is -0.159. The van der Waals surface area contributed by atoms with Crippen LogP contribution in [0.25, 0.3) is 0 Å². The van der Waals surface area contributed by atoms with Crippen LogP contribution in [-0.4, -0.2) is 77.6 Å². The largest absolute Gasteiger partial charge is 0.473 e. The number of hydrogen-bond acceptors (Lipinski definition) is 5. The third-order valence-corrected chi connectivity index (χ3v) is 6.07. The lowest BCUT2D eigenvalue weighted by Crippen LogP contribution is -2.51. The summed E-state index contributed by atoms with van der Waals surface area (Å²) >= 11 is 6.03. The quantitative estimate of drug-likeness (QED) is 0.694. The maximum Gasteiger partial charge on any atom is 0.414 e. The van der Waals surface area contributed by atoms with Crippen molar-refractivity contribution >= 4 is 39.5 Å². The van der Waals surface area contributed by atoms with Crippen LogP contribution >= 0.6 is 11.6 Å². The summed E-state index contributed by atoms with van der Waals surface area (Å²) in [4.78, 5) is 32.2. The minimum atomic E-state index is -3.19. The van der Waals surface area contributed by atoms with Crippen LogP contribution in [0.3, 0.4) is 0 Å². The average molecular weight is 421 g/mol. The summed E-state index contributed by atoms with van der Waals surface area (Å²) in [5.41, 5.74) is 0.462. The monoisotopic (exact) mass is 420 g/mol. The van der Waals surface area contributed by atoms with Gasteiger partial charge in [0, 0.05) is 26.2 Å². The number of sulfonamides is 1. The van der Waals surface area contributed by atoms with Crippen LogP contribution < -0.4 is 0 Å². The molecule has 1 aromatic rings. The van der Waals surface area contributed by atoms with Gasteiger partial charge in [-0.05, 0) is 18.6 Å². The Kier molecular flexibility index (Phi) is 8.67. The van der Waals surface area contributed by atoms with E-state index in [4.69, 9.17) is 31.4 Å². The van der Waals surface area contributed by atoms with Gasteiger partial charge in [-0.3, -0.25) is 4.79 Å². The number of carboxylic acid groups (broad SMARTS) is 2. The highest BCUT2D eigenvalue weighted by Crippen LogP contribution is 2.18. The predicted octanol–water partition coefficient (Wildman–Crippen LogP) is 0.993. The molecule has 1 amide bonds. The molecule has 9 nitrogen and oxygen atoms in total. The first kappa shape index (κ1) is 22.9. The lowest BCUT2D eigenvalue weighted by atomic mass is 10.2. The Hall–Kier alpha value is -2.17. The average Bonchev–Trinajstić information content (AvgIpc) is 2.62. The fraction of sp³-hybridized carbons (Fsp3) is 0.438. The molecule has 0 radical (unpaired) electrons. The third-order valence-electron chi connectivity index (χ3n) is 3.67. The maximum absolute atomic E-state index is 12.4. The molecule has 2 N–H and O–H groups in total. The molecule has 150 valence electrons. The SMILES string of the molecule is CCCS(=O)(=O)N1CCN(C(=O)c2ccccc2Cl)CC1.O=C(O)C(=O)O. The van der Waals surface area contributed by atoms with Crippen LogP contribution in [0.4, 0.5) is 0 Å². The molecule has 0 aliphatic carbocycles. The van der Waals surface area contributed by atoms with Gasteiger partial charge in [0.15, 0.2) is 0 Å². The first-order valence-electron chi connectivity index (χ1n) is 8.08. The summed E-state index contributed by atoms with van der Waals surface area (Å²) in [6, 6.07) is 6.90. The normalized spacial score (nSPS) is 14.8. The van der Waals surface area contributed by atoms with E-state index < -0.39 is 22.0 Å². The van der Waals surface area contributed by atoms with Crippen LogP contribution in [0, 0.1) is 0 Å². The zero-order valence-electron chi connectivity index (χ0n) is 14.7. The van der Waals surface area contributed by atoms with Crippen LogP contribution in [-0.2, 0) is 19.6 Å². The zero-order valence-corrected chi connectivity index (χ0v) is 16.2. The van der Waals surface area contributed by atoms with E-state index in [9.17, 15) is 13.2 Å². The predicted molar refractivity (Wildman–Crippen MR) is 98.3 cm³/mol. The lowest BCUT2D eigenvalue weighted by Gasteiger charge is -2.34. The van der Waals surface area contributed by atoms with Gasteiger partial charge in [0.25, 0.3) is 5.91 Å². The molecule has 11 heteroatoms. The number of piperazine rings is 1. The Morgan fingerprint density at radius 1 is 1.04 bits per heavy atom. The third kappa shape index (κ3) is 6.81. The van der Waals surface area contributed by atoms with Gasteiger partial charge in [0.2, 0.25) is 10.0 Å². The van der Waals surface area contributed by atoms with Crippen molar-refractivity contribution in [2.24, 2.45) is 0 Å². The number of amides is 1. The summed E-state index contributed by atoms with van der Waals surface area (Å²) in [5, 5.41) is 15.2. The number of aliphatic carboxylic acids is 2. The molecule has 0 aromatic heterocycles. The van der Waals surface area contributed by atoms with E-state index in [0.717, 1.165) is 0 Å². The second-order valence-corrected chi connectivity index (χ2v) is 8.09.